The second-order valence-electron chi connectivity index (χ2n) is 4.49. The molecule has 0 aliphatic carbocycles. The SMILES string of the molecule is CCN(CCc1ccccc1C(N)=O)C(C)C. The Morgan fingerprint density at radius 1 is 1.35 bits per heavy atom. The maximum Gasteiger partial charge on any atom is 0.248 e. The highest BCUT2D eigenvalue weighted by Crippen LogP contribution is 2.10. The quantitative estimate of drug-likeness (QED) is 0.819. The van der Waals surface area contributed by atoms with Crippen LogP contribution in [-0.2, 0) is 6.42 Å². The number of primary amides is 1. The molecule has 94 valence electrons. The van der Waals surface area contributed by atoms with Gasteiger partial charge in [0.1, 0.15) is 0 Å². The topological polar surface area (TPSA) is 46.3 Å². The summed E-state index contributed by atoms with van der Waals surface area (Å²) in [6.45, 7) is 8.50. The lowest BCUT2D eigenvalue weighted by molar-refractivity contribution is 0.0999. The van der Waals surface area contributed by atoms with E-state index in [4.69, 9.17) is 5.73 Å². The van der Waals surface area contributed by atoms with Crippen molar-refractivity contribution < 1.29 is 4.79 Å². The molecule has 0 aromatic heterocycles. The first-order valence-electron chi connectivity index (χ1n) is 6.18. The number of nitrogens with two attached hydrogens (primary N) is 1. The minimum absolute atomic E-state index is 0.340. The molecule has 1 aromatic carbocycles. The number of carbonyl (C=O) groups excluding carboxylic acids is 1. The Morgan fingerprint density at radius 3 is 2.53 bits per heavy atom. The Morgan fingerprint density at radius 2 is 2.00 bits per heavy atom. The van der Waals surface area contributed by atoms with Gasteiger partial charge in [0.15, 0.2) is 0 Å². The van der Waals surface area contributed by atoms with Crippen molar-refractivity contribution >= 4 is 5.91 Å². The van der Waals surface area contributed by atoms with Crippen molar-refractivity contribution in [3.05, 3.63) is 35.4 Å². The Hall–Kier alpha value is -1.35. The molecular weight excluding hydrogens is 212 g/mol. The first kappa shape index (κ1) is 13.7. The van der Waals surface area contributed by atoms with E-state index in [2.05, 4.69) is 25.7 Å². The summed E-state index contributed by atoms with van der Waals surface area (Å²) in [6, 6.07) is 8.11. The van der Waals surface area contributed by atoms with Gasteiger partial charge in [0.05, 0.1) is 0 Å². The zero-order chi connectivity index (χ0) is 12.8. The molecule has 1 amide bonds. The summed E-state index contributed by atoms with van der Waals surface area (Å²) in [5.41, 5.74) is 7.05. The van der Waals surface area contributed by atoms with Crippen LogP contribution in [0.2, 0.25) is 0 Å². The molecule has 3 nitrogen and oxygen atoms in total. The lowest BCUT2D eigenvalue weighted by Gasteiger charge is -2.24. The standard InChI is InChI=1S/C14H22N2O/c1-4-16(11(2)3)10-9-12-7-5-6-8-13(12)14(15)17/h5-8,11H,4,9-10H2,1-3H3,(H2,15,17). The van der Waals surface area contributed by atoms with E-state index in [0.717, 1.165) is 25.1 Å². The van der Waals surface area contributed by atoms with Crippen molar-refractivity contribution in [2.45, 2.75) is 33.2 Å². The van der Waals surface area contributed by atoms with Crippen molar-refractivity contribution in [1.82, 2.24) is 4.90 Å². The number of likely N-dealkylation sites (N-methyl/N-ethyl adjacent to an activating group) is 1. The predicted octanol–water partition coefficient (Wildman–Crippen LogP) is 2.06. The van der Waals surface area contributed by atoms with Gasteiger partial charge in [-0.05, 0) is 38.4 Å². The summed E-state index contributed by atoms with van der Waals surface area (Å²) >= 11 is 0. The minimum Gasteiger partial charge on any atom is -0.366 e. The average Bonchev–Trinajstić information content (AvgIpc) is 2.29. The number of hydrogen-bond acceptors (Lipinski definition) is 2. The van der Waals surface area contributed by atoms with Gasteiger partial charge in [-0.1, -0.05) is 25.1 Å². The summed E-state index contributed by atoms with van der Waals surface area (Å²) in [7, 11) is 0. The third-order valence-corrected chi connectivity index (χ3v) is 3.09. The van der Waals surface area contributed by atoms with Gasteiger partial charge in [-0.3, -0.25) is 4.79 Å². The molecule has 0 radical (unpaired) electrons. The molecule has 2 N–H and O–H groups in total. The monoisotopic (exact) mass is 234 g/mol. The van der Waals surface area contributed by atoms with Gasteiger partial charge < -0.3 is 10.6 Å². The molecule has 0 spiro atoms. The Labute approximate surface area is 104 Å². The largest absolute Gasteiger partial charge is 0.366 e. The highest BCUT2D eigenvalue weighted by Gasteiger charge is 2.10. The van der Waals surface area contributed by atoms with Crippen LogP contribution in [0.3, 0.4) is 0 Å². The van der Waals surface area contributed by atoms with Gasteiger partial charge in [-0.15, -0.1) is 0 Å². The van der Waals surface area contributed by atoms with Crippen LogP contribution in [0.5, 0.6) is 0 Å². The molecule has 0 atom stereocenters. The van der Waals surface area contributed by atoms with E-state index in [-0.39, 0.29) is 5.91 Å². The number of hydrogen-bond donors (Lipinski definition) is 1. The van der Waals surface area contributed by atoms with Crippen molar-refractivity contribution in [2.24, 2.45) is 5.73 Å². The fourth-order valence-electron chi connectivity index (χ4n) is 2.02. The summed E-state index contributed by atoms with van der Waals surface area (Å²) in [4.78, 5) is 13.7. The fraction of sp³-hybridized carbons (Fsp3) is 0.500. The molecule has 0 bridgehead atoms. The highest BCUT2D eigenvalue weighted by molar-refractivity contribution is 5.94. The zero-order valence-corrected chi connectivity index (χ0v) is 10.9. The van der Waals surface area contributed by atoms with Crippen LogP contribution in [0.1, 0.15) is 36.7 Å². The fourth-order valence-corrected chi connectivity index (χ4v) is 2.02. The molecule has 0 unspecified atom stereocenters. The third-order valence-electron chi connectivity index (χ3n) is 3.09. The van der Waals surface area contributed by atoms with E-state index in [1.165, 1.54) is 0 Å². The van der Waals surface area contributed by atoms with Crippen molar-refractivity contribution in [3.8, 4) is 0 Å². The maximum absolute atomic E-state index is 11.3. The molecule has 0 aliphatic rings. The Kier molecular flexibility index (Phi) is 5.16. The van der Waals surface area contributed by atoms with Gasteiger partial charge in [0.2, 0.25) is 5.91 Å². The van der Waals surface area contributed by atoms with Crippen LogP contribution in [0.4, 0.5) is 0 Å². The van der Waals surface area contributed by atoms with Crippen LogP contribution in [0, 0.1) is 0 Å². The molecule has 0 fully saturated rings. The van der Waals surface area contributed by atoms with E-state index in [1.807, 2.05) is 18.2 Å². The number of carbonyl (C=O) groups is 1. The number of amides is 1. The molecule has 1 rings (SSSR count). The zero-order valence-electron chi connectivity index (χ0n) is 10.9. The maximum atomic E-state index is 11.3. The molecule has 0 saturated heterocycles. The second-order valence-corrected chi connectivity index (χ2v) is 4.49. The van der Waals surface area contributed by atoms with Gasteiger partial charge in [-0.25, -0.2) is 0 Å². The van der Waals surface area contributed by atoms with Gasteiger partial charge in [0.25, 0.3) is 0 Å². The predicted molar refractivity (Wildman–Crippen MR) is 71.0 cm³/mol. The van der Waals surface area contributed by atoms with Gasteiger partial charge >= 0.3 is 0 Å². The summed E-state index contributed by atoms with van der Waals surface area (Å²) < 4.78 is 0. The number of rotatable bonds is 6. The molecule has 0 heterocycles. The molecule has 17 heavy (non-hydrogen) atoms. The van der Waals surface area contributed by atoms with E-state index in [0.29, 0.717) is 11.6 Å². The van der Waals surface area contributed by atoms with Crippen LogP contribution < -0.4 is 5.73 Å². The van der Waals surface area contributed by atoms with E-state index in [1.54, 1.807) is 6.07 Å². The van der Waals surface area contributed by atoms with E-state index < -0.39 is 0 Å². The minimum atomic E-state index is -0.340. The van der Waals surface area contributed by atoms with Crippen molar-refractivity contribution in [3.63, 3.8) is 0 Å². The smallest absolute Gasteiger partial charge is 0.248 e. The normalized spacial score (nSPS) is 11.1. The van der Waals surface area contributed by atoms with Crippen molar-refractivity contribution in [2.75, 3.05) is 13.1 Å². The van der Waals surface area contributed by atoms with Crippen LogP contribution in [-0.4, -0.2) is 29.9 Å². The molecule has 3 heteroatoms. The summed E-state index contributed by atoms with van der Waals surface area (Å²) in [5, 5.41) is 0. The first-order chi connectivity index (χ1) is 8.06. The third kappa shape index (κ3) is 3.86. The molecule has 0 saturated carbocycles. The van der Waals surface area contributed by atoms with Crippen LogP contribution >= 0.6 is 0 Å². The number of nitrogens with zero attached hydrogens (tertiary/aromatic N) is 1. The van der Waals surface area contributed by atoms with Crippen molar-refractivity contribution in [1.29, 1.82) is 0 Å². The molecular formula is C14H22N2O. The Balaban J connectivity index is 2.72. The summed E-state index contributed by atoms with van der Waals surface area (Å²) in [6.07, 6.45) is 0.866. The van der Waals surface area contributed by atoms with Gasteiger partial charge in [0, 0.05) is 18.2 Å². The first-order valence-corrected chi connectivity index (χ1v) is 6.18. The molecule has 0 aliphatic heterocycles. The van der Waals surface area contributed by atoms with Gasteiger partial charge in [-0.2, -0.15) is 0 Å². The lowest BCUT2D eigenvalue weighted by Crippen LogP contribution is -2.32. The average molecular weight is 234 g/mol. The van der Waals surface area contributed by atoms with E-state index in [9.17, 15) is 4.79 Å². The van der Waals surface area contributed by atoms with E-state index >= 15 is 0 Å². The van der Waals surface area contributed by atoms with Crippen LogP contribution in [0.15, 0.2) is 24.3 Å². The Bertz CT molecular complexity index is 374. The lowest BCUT2D eigenvalue weighted by atomic mass is 10.0. The molecule has 1 aromatic rings. The second kappa shape index (κ2) is 6.40. The highest BCUT2D eigenvalue weighted by atomic mass is 16.1. The number of benzene rings is 1. The van der Waals surface area contributed by atoms with Crippen LogP contribution in [0.25, 0.3) is 0 Å². The summed E-state index contributed by atoms with van der Waals surface area (Å²) in [5.74, 6) is -0.340.